The normalized spacial score (nSPS) is 11.5. The van der Waals surface area contributed by atoms with E-state index >= 15 is 0 Å². The summed E-state index contributed by atoms with van der Waals surface area (Å²) in [6.45, 7) is 4.34. The highest BCUT2D eigenvalue weighted by Gasteiger charge is 2.05. The van der Waals surface area contributed by atoms with E-state index in [1.165, 1.54) is 43.4 Å². The van der Waals surface area contributed by atoms with Crippen LogP contribution < -0.4 is 0 Å². The fourth-order valence-corrected chi connectivity index (χ4v) is 3.17. The van der Waals surface area contributed by atoms with E-state index in [1.807, 2.05) is 0 Å². The Labute approximate surface area is 118 Å². The van der Waals surface area contributed by atoms with Gasteiger partial charge in [-0.3, -0.25) is 0 Å². The first-order chi connectivity index (χ1) is 9.74. The van der Waals surface area contributed by atoms with Crippen molar-refractivity contribution in [3.05, 3.63) is 71.8 Å². The Kier molecular flexibility index (Phi) is 2.34. The summed E-state index contributed by atoms with van der Waals surface area (Å²) in [5.74, 6) is 0. The van der Waals surface area contributed by atoms with Gasteiger partial charge in [0.05, 0.1) is 0 Å². The molecule has 0 nitrogen and oxygen atoms in total. The Bertz CT molecular complexity index is 956. The van der Waals surface area contributed by atoms with Crippen LogP contribution in [0.2, 0.25) is 0 Å². The van der Waals surface area contributed by atoms with Gasteiger partial charge in [0, 0.05) is 0 Å². The van der Waals surface area contributed by atoms with Crippen LogP contribution >= 0.6 is 0 Å². The zero-order valence-corrected chi connectivity index (χ0v) is 11.8. The molecule has 0 aliphatic heterocycles. The SMILES string of the molecule is Cc1ccc2ccc3c4cccc(C)c4ccc3c2c1. The lowest BCUT2D eigenvalue weighted by molar-refractivity contribution is 1.51. The third-order valence-electron chi connectivity index (χ3n) is 4.25. The van der Waals surface area contributed by atoms with Gasteiger partial charge in [-0.05, 0) is 51.7 Å². The molecule has 0 atom stereocenters. The van der Waals surface area contributed by atoms with Crippen LogP contribution in [-0.4, -0.2) is 0 Å². The van der Waals surface area contributed by atoms with Crippen LogP contribution in [0.4, 0.5) is 0 Å². The molecule has 4 rings (SSSR count). The van der Waals surface area contributed by atoms with E-state index in [0.717, 1.165) is 0 Å². The lowest BCUT2D eigenvalue weighted by atomic mass is 9.95. The van der Waals surface area contributed by atoms with Crippen LogP contribution in [0.25, 0.3) is 32.3 Å². The standard InChI is InChI=1S/C20H16/c1-13-6-7-15-8-9-18-17-5-3-4-14(2)16(17)10-11-19(18)20(15)12-13/h3-12H,1-2H3. The van der Waals surface area contributed by atoms with Gasteiger partial charge in [0.1, 0.15) is 0 Å². The molecule has 0 fully saturated rings. The minimum atomic E-state index is 1.31. The van der Waals surface area contributed by atoms with E-state index in [2.05, 4.69) is 74.5 Å². The highest BCUT2D eigenvalue weighted by atomic mass is 14.1. The Hall–Kier alpha value is -2.34. The number of fused-ring (bicyclic) bond motifs is 5. The molecule has 0 aliphatic carbocycles. The summed E-state index contributed by atoms with van der Waals surface area (Å²) in [7, 11) is 0. The van der Waals surface area contributed by atoms with Crippen molar-refractivity contribution in [2.75, 3.05) is 0 Å². The van der Waals surface area contributed by atoms with E-state index < -0.39 is 0 Å². The lowest BCUT2D eigenvalue weighted by Crippen LogP contribution is -1.83. The first-order valence-corrected chi connectivity index (χ1v) is 7.05. The summed E-state index contributed by atoms with van der Waals surface area (Å²) in [4.78, 5) is 0. The van der Waals surface area contributed by atoms with Crippen LogP contribution in [0.15, 0.2) is 60.7 Å². The van der Waals surface area contributed by atoms with Gasteiger partial charge in [0.2, 0.25) is 0 Å². The third kappa shape index (κ3) is 1.55. The molecule has 20 heavy (non-hydrogen) atoms. The van der Waals surface area contributed by atoms with Gasteiger partial charge < -0.3 is 0 Å². The minimum Gasteiger partial charge on any atom is -0.0613 e. The molecule has 0 saturated heterocycles. The van der Waals surface area contributed by atoms with Gasteiger partial charge in [-0.25, -0.2) is 0 Å². The molecular weight excluding hydrogens is 240 g/mol. The summed E-state index contributed by atoms with van der Waals surface area (Å²) < 4.78 is 0. The van der Waals surface area contributed by atoms with Gasteiger partial charge in [-0.1, -0.05) is 66.2 Å². The molecule has 96 valence electrons. The number of hydrogen-bond donors (Lipinski definition) is 0. The third-order valence-corrected chi connectivity index (χ3v) is 4.25. The monoisotopic (exact) mass is 256 g/mol. The zero-order valence-electron chi connectivity index (χ0n) is 11.8. The molecule has 0 bridgehead atoms. The van der Waals surface area contributed by atoms with Crippen LogP contribution in [-0.2, 0) is 0 Å². The van der Waals surface area contributed by atoms with Crippen molar-refractivity contribution >= 4 is 32.3 Å². The van der Waals surface area contributed by atoms with Gasteiger partial charge in [0.15, 0.2) is 0 Å². The van der Waals surface area contributed by atoms with Crippen molar-refractivity contribution in [1.29, 1.82) is 0 Å². The summed E-state index contributed by atoms with van der Waals surface area (Å²) in [5, 5.41) is 8.08. The van der Waals surface area contributed by atoms with Gasteiger partial charge in [0.25, 0.3) is 0 Å². The van der Waals surface area contributed by atoms with Crippen LogP contribution in [0, 0.1) is 13.8 Å². The largest absolute Gasteiger partial charge is 0.0613 e. The van der Waals surface area contributed by atoms with Crippen LogP contribution in [0.1, 0.15) is 11.1 Å². The van der Waals surface area contributed by atoms with Gasteiger partial charge in [-0.2, -0.15) is 0 Å². The second-order valence-electron chi connectivity index (χ2n) is 5.62. The topological polar surface area (TPSA) is 0 Å². The molecule has 4 aromatic rings. The van der Waals surface area contributed by atoms with E-state index in [4.69, 9.17) is 0 Å². The van der Waals surface area contributed by atoms with Crippen LogP contribution in [0.5, 0.6) is 0 Å². The van der Waals surface area contributed by atoms with E-state index in [-0.39, 0.29) is 0 Å². The maximum atomic E-state index is 2.29. The molecule has 0 spiro atoms. The second-order valence-corrected chi connectivity index (χ2v) is 5.62. The minimum absolute atomic E-state index is 1.31. The zero-order chi connectivity index (χ0) is 13.7. The Balaban J connectivity index is 2.27. The van der Waals surface area contributed by atoms with E-state index in [1.54, 1.807) is 0 Å². The fraction of sp³-hybridized carbons (Fsp3) is 0.100. The average molecular weight is 256 g/mol. The van der Waals surface area contributed by atoms with Gasteiger partial charge >= 0.3 is 0 Å². The van der Waals surface area contributed by atoms with Crippen molar-refractivity contribution in [3.63, 3.8) is 0 Å². The first-order valence-electron chi connectivity index (χ1n) is 7.05. The molecule has 0 heterocycles. The molecule has 0 aliphatic rings. The quantitative estimate of drug-likeness (QED) is 0.351. The van der Waals surface area contributed by atoms with E-state index in [0.29, 0.717) is 0 Å². The first kappa shape index (κ1) is 11.5. The second kappa shape index (κ2) is 4.08. The van der Waals surface area contributed by atoms with E-state index in [9.17, 15) is 0 Å². The Morgan fingerprint density at radius 2 is 1.20 bits per heavy atom. The smallest absolute Gasteiger partial charge is 0.00989 e. The predicted molar refractivity (Wildman–Crippen MR) is 88.4 cm³/mol. The molecule has 0 radical (unpaired) electrons. The van der Waals surface area contributed by atoms with Crippen molar-refractivity contribution in [3.8, 4) is 0 Å². The van der Waals surface area contributed by atoms with Gasteiger partial charge in [-0.15, -0.1) is 0 Å². The summed E-state index contributed by atoms with van der Waals surface area (Å²) in [6, 6.07) is 22.3. The van der Waals surface area contributed by atoms with Crippen LogP contribution in [0.3, 0.4) is 0 Å². The number of rotatable bonds is 0. The highest BCUT2D eigenvalue weighted by Crippen LogP contribution is 2.32. The summed E-state index contributed by atoms with van der Waals surface area (Å²) in [6.07, 6.45) is 0. The summed E-state index contributed by atoms with van der Waals surface area (Å²) in [5.41, 5.74) is 2.66. The molecule has 0 unspecified atom stereocenters. The summed E-state index contributed by atoms with van der Waals surface area (Å²) >= 11 is 0. The van der Waals surface area contributed by atoms with Crippen molar-refractivity contribution in [1.82, 2.24) is 0 Å². The highest BCUT2D eigenvalue weighted by molar-refractivity contribution is 6.17. The molecule has 0 amide bonds. The molecule has 4 aromatic carbocycles. The maximum absolute atomic E-state index is 2.29. The molecule has 0 heteroatoms. The number of hydrogen-bond acceptors (Lipinski definition) is 0. The molecular formula is C20H16. The van der Waals surface area contributed by atoms with Crippen molar-refractivity contribution < 1.29 is 0 Å². The predicted octanol–water partition coefficient (Wildman–Crippen LogP) is 5.76. The number of aryl methyl sites for hydroxylation is 2. The van der Waals surface area contributed by atoms with Crippen molar-refractivity contribution in [2.24, 2.45) is 0 Å². The Morgan fingerprint density at radius 1 is 0.550 bits per heavy atom. The molecule has 0 aromatic heterocycles. The molecule has 0 N–H and O–H groups in total. The Morgan fingerprint density at radius 3 is 2.10 bits per heavy atom. The fourth-order valence-electron chi connectivity index (χ4n) is 3.17. The maximum Gasteiger partial charge on any atom is -0.00989 e. The number of benzene rings is 4. The molecule has 0 saturated carbocycles. The lowest BCUT2D eigenvalue weighted by Gasteiger charge is -2.09. The average Bonchev–Trinajstić information content (AvgIpc) is 2.47. The van der Waals surface area contributed by atoms with Crippen molar-refractivity contribution in [2.45, 2.75) is 13.8 Å².